The Morgan fingerprint density at radius 2 is 1.62 bits per heavy atom. The van der Waals surface area contributed by atoms with Gasteiger partial charge in [-0.3, -0.25) is 0 Å². The molecular formula is C26H44. The quantitative estimate of drug-likeness (QED) is 0.343. The summed E-state index contributed by atoms with van der Waals surface area (Å²) in [7, 11) is 0. The summed E-state index contributed by atoms with van der Waals surface area (Å²) in [6.07, 6.45) is 30.8. The third-order valence-electron chi connectivity index (χ3n) is 3.10. The molecule has 0 bridgehead atoms. The molecular weight excluding hydrogens is 312 g/mol. The molecule has 1 rings (SSSR count). The fourth-order valence-electron chi connectivity index (χ4n) is 1.90. The van der Waals surface area contributed by atoms with Crippen LogP contribution in [0.3, 0.4) is 0 Å². The highest BCUT2D eigenvalue weighted by Gasteiger charge is 2.18. The second-order valence-electron chi connectivity index (χ2n) is 5.83. The molecule has 0 N–H and O–H groups in total. The van der Waals surface area contributed by atoms with Gasteiger partial charge in [0.25, 0.3) is 0 Å². The van der Waals surface area contributed by atoms with Crippen LogP contribution in [0.15, 0.2) is 47.6 Å². The van der Waals surface area contributed by atoms with Crippen molar-refractivity contribution in [2.45, 2.75) is 88.0 Å². The molecule has 0 radical (unpaired) electrons. The van der Waals surface area contributed by atoms with Crippen LogP contribution in [0.4, 0.5) is 0 Å². The third kappa shape index (κ3) is 20.1. The van der Waals surface area contributed by atoms with Gasteiger partial charge in [0.15, 0.2) is 0 Å². The van der Waals surface area contributed by atoms with Crippen molar-refractivity contribution in [1.29, 1.82) is 0 Å². The summed E-state index contributed by atoms with van der Waals surface area (Å²) in [5.41, 5.74) is 2.84. The Morgan fingerprint density at radius 1 is 1.12 bits per heavy atom. The van der Waals surface area contributed by atoms with Crippen molar-refractivity contribution >= 4 is 0 Å². The second-order valence-corrected chi connectivity index (χ2v) is 5.83. The Bertz CT molecular complexity index is 456. The summed E-state index contributed by atoms with van der Waals surface area (Å²) < 4.78 is 0. The Morgan fingerprint density at radius 3 is 2.04 bits per heavy atom. The minimum atomic E-state index is 0.268. The Hall–Kier alpha value is -1.92. The molecule has 0 amide bonds. The van der Waals surface area contributed by atoms with Crippen LogP contribution >= 0.6 is 0 Å². The van der Waals surface area contributed by atoms with Gasteiger partial charge in [0, 0.05) is 0 Å². The molecule has 0 atom stereocenters. The molecule has 0 fully saturated rings. The molecule has 0 unspecified atom stereocenters. The first kappa shape index (κ1) is 31.8. The zero-order valence-corrected chi connectivity index (χ0v) is 19.0. The molecule has 0 aliphatic heterocycles. The first-order valence-electron chi connectivity index (χ1n) is 10.00. The number of allylic oxidation sites excluding steroid dienone is 8. The maximum Gasteiger partial charge on any atom is -0.00464 e. The van der Waals surface area contributed by atoms with Crippen molar-refractivity contribution in [3.05, 3.63) is 47.6 Å². The third-order valence-corrected chi connectivity index (χ3v) is 3.10. The number of terminal acetylenes is 2. The topological polar surface area (TPSA) is 0 Å². The van der Waals surface area contributed by atoms with E-state index < -0.39 is 0 Å². The summed E-state index contributed by atoms with van der Waals surface area (Å²) in [6.45, 7) is 18.8. The van der Waals surface area contributed by atoms with Crippen molar-refractivity contribution in [3.63, 3.8) is 0 Å². The van der Waals surface area contributed by atoms with Crippen LogP contribution in [-0.2, 0) is 0 Å². The predicted molar refractivity (Wildman–Crippen MR) is 125 cm³/mol. The summed E-state index contributed by atoms with van der Waals surface area (Å²) in [5, 5.41) is 0. The molecule has 0 nitrogen and oxygen atoms in total. The van der Waals surface area contributed by atoms with Gasteiger partial charge < -0.3 is 0 Å². The van der Waals surface area contributed by atoms with Crippen LogP contribution in [0.25, 0.3) is 0 Å². The molecule has 0 aromatic heterocycles. The Kier molecular flexibility index (Phi) is 31.0. The van der Waals surface area contributed by atoms with Crippen molar-refractivity contribution in [2.24, 2.45) is 5.41 Å². The van der Waals surface area contributed by atoms with Crippen molar-refractivity contribution < 1.29 is 0 Å². The minimum Gasteiger partial charge on any atom is -0.124 e. The molecule has 0 saturated heterocycles. The predicted octanol–water partition coefficient (Wildman–Crippen LogP) is 8.53. The van der Waals surface area contributed by atoms with Crippen LogP contribution < -0.4 is 0 Å². The van der Waals surface area contributed by atoms with E-state index in [2.05, 4.69) is 76.8 Å². The fraction of sp³-hybridized carbons (Fsp3) is 0.538. The van der Waals surface area contributed by atoms with Crippen molar-refractivity contribution in [1.82, 2.24) is 0 Å². The Labute approximate surface area is 166 Å². The van der Waals surface area contributed by atoms with E-state index in [1.807, 2.05) is 40.7 Å². The molecule has 0 heterocycles. The minimum absolute atomic E-state index is 0.268. The zero-order chi connectivity index (χ0) is 21.4. The highest BCUT2D eigenvalue weighted by molar-refractivity contribution is 5.45. The zero-order valence-electron chi connectivity index (χ0n) is 19.0. The SMILES string of the molecule is C#C.C#C/C=C1/C=CC(C)(C)CC/C1=C/C/C=C/C.CC.CC.CCC. The van der Waals surface area contributed by atoms with E-state index in [4.69, 9.17) is 6.42 Å². The second kappa shape index (κ2) is 25.3. The van der Waals surface area contributed by atoms with Crippen LogP contribution in [0, 0.1) is 30.6 Å². The van der Waals surface area contributed by atoms with Crippen LogP contribution in [-0.4, -0.2) is 0 Å². The lowest BCUT2D eigenvalue weighted by molar-refractivity contribution is 0.442. The van der Waals surface area contributed by atoms with Gasteiger partial charge in [0.05, 0.1) is 0 Å². The summed E-state index contributed by atoms with van der Waals surface area (Å²) in [6, 6.07) is 0. The highest BCUT2D eigenvalue weighted by Crippen LogP contribution is 2.33. The lowest BCUT2D eigenvalue weighted by Crippen LogP contribution is -2.05. The number of hydrogen-bond acceptors (Lipinski definition) is 0. The van der Waals surface area contributed by atoms with Gasteiger partial charge in [0.2, 0.25) is 0 Å². The van der Waals surface area contributed by atoms with E-state index in [1.54, 1.807) is 0 Å². The fourth-order valence-corrected chi connectivity index (χ4v) is 1.90. The van der Waals surface area contributed by atoms with Gasteiger partial charge in [-0.25, -0.2) is 0 Å². The molecule has 0 aromatic carbocycles. The lowest BCUT2D eigenvalue weighted by atomic mass is 9.88. The summed E-state index contributed by atoms with van der Waals surface area (Å²) in [5.74, 6) is 2.64. The highest BCUT2D eigenvalue weighted by atomic mass is 14.2. The molecule has 26 heavy (non-hydrogen) atoms. The standard InChI is InChI=1S/C17H22.C3H8.2C2H6.C2H2/c1-5-7-8-10-16-12-14-17(3,4)13-11-15(16)9-6-2;1-3-2;3*1-2/h2,5,7,9-11,13H,8,12,14H2,1,3-4H3;3H2,1-2H3;2*1-2H3;1-2H/b7-5+,15-9-,16-10-;;;;. The maximum absolute atomic E-state index is 5.39. The number of rotatable bonds is 2. The van der Waals surface area contributed by atoms with E-state index in [-0.39, 0.29) is 5.41 Å². The molecule has 0 aromatic rings. The molecule has 0 saturated carbocycles. The first-order chi connectivity index (χ1) is 12.5. The van der Waals surface area contributed by atoms with Gasteiger partial charge in [0.1, 0.15) is 0 Å². The van der Waals surface area contributed by atoms with Crippen molar-refractivity contribution in [3.8, 4) is 25.2 Å². The molecule has 1 aliphatic rings. The average molecular weight is 357 g/mol. The van der Waals surface area contributed by atoms with Crippen molar-refractivity contribution in [2.75, 3.05) is 0 Å². The van der Waals surface area contributed by atoms with Crippen LogP contribution in [0.1, 0.15) is 88.0 Å². The van der Waals surface area contributed by atoms with Gasteiger partial charge >= 0.3 is 0 Å². The normalized spacial score (nSPS) is 17.0. The van der Waals surface area contributed by atoms with Gasteiger partial charge in [-0.2, -0.15) is 0 Å². The maximum atomic E-state index is 5.39. The summed E-state index contributed by atoms with van der Waals surface area (Å²) in [4.78, 5) is 0. The van der Waals surface area contributed by atoms with Gasteiger partial charge in [-0.1, -0.05) is 98.1 Å². The van der Waals surface area contributed by atoms with E-state index in [0.29, 0.717) is 0 Å². The smallest absolute Gasteiger partial charge is 0.00464 e. The molecule has 0 spiro atoms. The number of hydrogen-bond donors (Lipinski definition) is 0. The summed E-state index contributed by atoms with van der Waals surface area (Å²) >= 11 is 0. The lowest BCUT2D eigenvalue weighted by Gasteiger charge is -2.17. The monoisotopic (exact) mass is 356 g/mol. The average Bonchev–Trinajstić information content (AvgIpc) is 2.81. The molecule has 1 aliphatic carbocycles. The van der Waals surface area contributed by atoms with Crippen LogP contribution in [0.5, 0.6) is 0 Å². The van der Waals surface area contributed by atoms with Crippen LogP contribution in [0.2, 0.25) is 0 Å². The largest absolute Gasteiger partial charge is 0.124 e. The van der Waals surface area contributed by atoms with E-state index in [1.165, 1.54) is 24.0 Å². The molecule has 0 heteroatoms. The Balaban J connectivity index is -0.000000231. The van der Waals surface area contributed by atoms with Gasteiger partial charge in [-0.05, 0) is 48.8 Å². The molecule has 148 valence electrons. The van der Waals surface area contributed by atoms with E-state index in [0.717, 1.165) is 12.8 Å². The first-order valence-corrected chi connectivity index (χ1v) is 10.00. The van der Waals surface area contributed by atoms with E-state index in [9.17, 15) is 0 Å². The van der Waals surface area contributed by atoms with Gasteiger partial charge in [-0.15, -0.1) is 19.3 Å². The van der Waals surface area contributed by atoms with E-state index >= 15 is 0 Å².